The third-order valence-corrected chi connectivity index (χ3v) is 3.48. The van der Waals surface area contributed by atoms with E-state index in [0.717, 1.165) is 19.5 Å². The van der Waals surface area contributed by atoms with Gasteiger partial charge in [-0.15, -0.1) is 0 Å². The van der Waals surface area contributed by atoms with Crippen LogP contribution in [0.2, 0.25) is 0 Å². The van der Waals surface area contributed by atoms with Crippen molar-refractivity contribution in [2.75, 3.05) is 13.1 Å². The minimum Gasteiger partial charge on any atom is -0.326 e. The predicted molar refractivity (Wildman–Crippen MR) is 68.4 cm³/mol. The fourth-order valence-corrected chi connectivity index (χ4v) is 2.64. The molecule has 2 N–H and O–H groups in total. The minimum atomic E-state index is 0.300. The van der Waals surface area contributed by atoms with E-state index in [1.165, 1.54) is 17.5 Å². The SMILES string of the molecule is CCCN1CCC(N)C1c1ccc(C)cc1. The molecule has 2 unspecified atom stereocenters. The van der Waals surface area contributed by atoms with Gasteiger partial charge in [0.25, 0.3) is 0 Å². The van der Waals surface area contributed by atoms with Gasteiger partial charge in [-0.05, 0) is 31.9 Å². The van der Waals surface area contributed by atoms with Crippen molar-refractivity contribution in [3.05, 3.63) is 35.4 Å². The monoisotopic (exact) mass is 218 g/mol. The quantitative estimate of drug-likeness (QED) is 0.844. The fraction of sp³-hybridized carbons (Fsp3) is 0.571. The van der Waals surface area contributed by atoms with Crippen LogP contribution in [0.25, 0.3) is 0 Å². The maximum atomic E-state index is 6.23. The highest BCUT2D eigenvalue weighted by atomic mass is 15.2. The molecule has 2 heteroatoms. The van der Waals surface area contributed by atoms with E-state index in [1.807, 2.05) is 0 Å². The first kappa shape index (κ1) is 11.6. The van der Waals surface area contributed by atoms with E-state index in [1.54, 1.807) is 0 Å². The van der Waals surface area contributed by atoms with Crippen LogP contribution >= 0.6 is 0 Å². The topological polar surface area (TPSA) is 29.3 Å². The molecule has 88 valence electrons. The first-order chi connectivity index (χ1) is 7.72. The van der Waals surface area contributed by atoms with Crippen molar-refractivity contribution in [1.29, 1.82) is 0 Å². The number of nitrogens with zero attached hydrogens (tertiary/aromatic N) is 1. The van der Waals surface area contributed by atoms with Crippen LogP contribution in [0.3, 0.4) is 0 Å². The average Bonchev–Trinajstić information content (AvgIpc) is 2.62. The fourth-order valence-electron chi connectivity index (χ4n) is 2.64. The van der Waals surface area contributed by atoms with Crippen LogP contribution in [0.5, 0.6) is 0 Å². The Morgan fingerprint density at radius 3 is 2.62 bits per heavy atom. The van der Waals surface area contributed by atoms with Crippen LogP contribution < -0.4 is 5.73 Å². The van der Waals surface area contributed by atoms with Gasteiger partial charge in [0.2, 0.25) is 0 Å². The first-order valence-electron chi connectivity index (χ1n) is 6.28. The van der Waals surface area contributed by atoms with Crippen molar-refractivity contribution in [2.24, 2.45) is 5.73 Å². The van der Waals surface area contributed by atoms with E-state index < -0.39 is 0 Å². The summed E-state index contributed by atoms with van der Waals surface area (Å²) in [5, 5.41) is 0. The largest absolute Gasteiger partial charge is 0.326 e. The summed E-state index contributed by atoms with van der Waals surface area (Å²) in [4.78, 5) is 2.52. The lowest BCUT2D eigenvalue weighted by Crippen LogP contribution is -2.32. The van der Waals surface area contributed by atoms with Gasteiger partial charge in [-0.2, -0.15) is 0 Å². The van der Waals surface area contributed by atoms with Gasteiger partial charge >= 0.3 is 0 Å². The van der Waals surface area contributed by atoms with E-state index in [4.69, 9.17) is 5.73 Å². The zero-order chi connectivity index (χ0) is 11.5. The second kappa shape index (κ2) is 4.98. The number of aryl methyl sites for hydroxylation is 1. The number of benzene rings is 1. The smallest absolute Gasteiger partial charge is 0.0499 e. The van der Waals surface area contributed by atoms with E-state index in [-0.39, 0.29) is 0 Å². The van der Waals surface area contributed by atoms with Crippen molar-refractivity contribution in [1.82, 2.24) is 4.90 Å². The van der Waals surface area contributed by atoms with E-state index in [0.29, 0.717) is 12.1 Å². The lowest BCUT2D eigenvalue weighted by Gasteiger charge is -2.26. The summed E-state index contributed by atoms with van der Waals surface area (Å²) in [5.41, 5.74) is 8.92. The zero-order valence-electron chi connectivity index (χ0n) is 10.3. The zero-order valence-corrected chi connectivity index (χ0v) is 10.3. The molecule has 2 atom stereocenters. The molecule has 0 radical (unpaired) electrons. The highest BCUT2D eigenvalue weighted by Gasteiger charge is 2.31. The highest BCUT2D eigenvalue weighted by molar-refractivity contribution is 5.26. The summed E-state index contributed by atoms with van der Waals surface area (Å²) in [5.74, 6) is 0. The van der Waals surface area contributed by atoms with Crippen molar-refractivity contribution in [3.8, 4) is 0 Å². The Hall–Kier alpha value is -0.860. The van der Waals surface area contributed by atoms with Gasteiger partial charge in [0, 0.05) is 18.6 Å². The molecule has 1 saturated heterocycles. The van der Waals surface area contributed by atoms with Gasteiger partial charge in [-0.3, -0.25) is 4.90 Å². The average molecular weight is 218 g/mol. The molecule has 1 aliphatic heterocycles. The lowest BCUT2D eigenvalue weighted by molar-refractivity contribution is 0.248. The van der Waals surface area contributed by atoms with E-state index >= 15 is 0 Å². The summed E-state index contributed by atoms with van der Waals surface area (Å²) >= 11 is 0. The Bertz CT molecular complexity index is 329. The molecule has 1 fully saturated rings. The maximum Gasteiger partial charge on any atom is 0.0499 e. The van der Waals surface area contributed by atoms with Crippen LogP contribution in [0, 0.1) is 6.92 Å². The van der Waals surface area contributed by atoms with Gasteiger partial charge in [0.05, 0.1) is 0 Å². The van der Waals surface area contributed by atoms with Gasteiger partial charge in [0.15, 0.2) is 0 Å². The molecule has 1 aliphatic rings. The van der Waals surface area contributed by atoms with Crippen LogP contribution in [0.1, 0.15) is 36.9 Å². The third-order valence-electron chi connectivity index (χ3n) is 3.48. The highest BCUT2D eigenvalue weighted by Crippen LogP contribution is 2.31. The molecule has 0 bridgehead atoms. The molecule has 1 aromatic rings. The molecular formula is C14H22N2. The number of hydrogen-bond donors (Lipinski definition) is 1. The second-order valence-electron chi connectivity index (χ2n) is 4.84. The molecule has 1 heterocycles. The molecule has 0 aromatic heterocycles. The number of nitrogens with two attached hydrogens (primary N) is 1. The van der Waals surface area contributed by atoms with Crippen molar-refractivity contribution in [3.63, 3.8) is 0 Å². The van der Waals surface area contributed by atoms with Crippen LogP contribution in [0.15, 0.2) is 24.3 Å². The molecule has 2 nitrogen and oxygen atoms in total. The predicted octanol–water partition coefficient (Wildman–Crippen LogP) is 2.48. The Morgan fingerprint density at radius 2 is 2.00 bits per heavy atom. The summed E-state index contributed by atoms with van der Waals surface area (Å²) < 4.78 is 0. The van der Waals surface area contributed by atoms with Gasteiger partial charge in [-0.1, -0.05) is 36.8 Å². The molecule has 16 heavy (non-hydrogen) atoms. The van der Waals surface area contributed by atoms with Gasteiger partial charge in [0.1, 0.15) is 0 Å². The third kappa shape index (κ3) is 2.28. The van der Waals surface area contributed by atoms with Crippen molar-refractivity contribution < 1.29 is 0 Å². The summed E-state index contributed by atoms with van der Waals surface area (Å²) in [6, 6.07) is 9.56. The number of rotatable bonds is 3. The second-order valence-corrected chi connectivity index (χ2v) is 4.84. The molecule has 0 amide bonds. The minimum absolute atomic E-state index is 0.300. The van der Waals surface area contributed by atoms with Gasteiger partial charge < -0.3 is 5.73 Å². The van der Waals surface area contributed by atoms with Crippen LogP contribution in [0.4, 0.5) is 0 Å². The Balaban J connectivity index is 2.19. The summed E-state index contributed by atoms with van der Waals surface area (Å²) in [6.07, 6.45) is 2.33. The maximum absolute atomic E-state index is 6.23. The molecule has 0 saturated carbocycles. The number of hydrogen-bond acceptors (Lipinski definition) is 2. The Kier molecular flexibility index (Phi) is 3.62. The van der Waals surface area contributed by atoms with E-state index in [9.17, 15) is 0 Å². The lowest BCUT2D eigenvalue weighted by atomic mass is 9.99. The van der Waals surface area contributed by atoms with Crippen molar-refractivity contribution >= 4 is 0 Å². The summed E-state index contributed by atoms with van der Waals surface area (Å²) in [6.45, 7) is 6.66. The molecule has 2 rings (SSSR count). The number of likely N-dealkylation sites (tertiary alicyclic amines) is 1. The first-order valence-corrected chi connectivity index (χ1v) is 6.28. The Morgan fingerprint density at radius 1 is 1.31 bits per heavy atom. The van der Waals surface area contributed by atoms with Crippen LogP contribution in [-0.4, -0.2) is 24.0 Å². The summed E-state index contributed by atoms with van der Waals surface area (Å²) in [7, 11) is 0. The van der Waals surface area contributed by atoms with E-state index in [2.05, 4.69) is 43.0 Å². The molecule has 1 aromatic carbocycles. The molecule has 0 aliphatic carbocycles. The van der Waals surface area contributed by atoms with Gasteiger partial charge in [-0.25, -0.2) is 0 Å². The molecule has 0 spiro atoms. The van der Waals surface area contributed by atoms with Crippen molar-refractivity contribution in [2.45, 2.75) is 38.8 Å². The molecular weight excluding hydrogens is 196 g/mol. The Labute approximate surface area is 98.4 Å². The van der Waals surface area contributed by atoms with Crippen LogP contribution in [-0.2, 0) is 0 Å². The standard InChI is InChI=1S/C14H22N2/c1-3-9-16-10-8-13(15)14(16)12-6-4-11(2)5-7-12/h4-7,13-14H,3,8-10,15H2,1-2H3. The normalized spacial score (nSPS) is 26.2.